The summed E-state index contributed by atoms with van der Waals surface area (Å²) in [6.45, 7) is 11.1. The Kier molecular flexibility index (Phi) is 7.80. The first kappa shape index (κ1) is 24.4. The molecule has 0 aliphatic heterocycles. The molecule has 31 heavy (non-hydrogen) atoms. The lowest BCUT2D eigenvalue weighted by atomic mass is 9.90. The molecule has 0 bridgehead atoms. The average Bonchev–Trinajstić information content (AvgIpc) is 3.01. The van der Waals surface area contributed by atoms with Crippen LogP contribution >= 0.6 is 0 Å². The number of carbonyl (C=O) groups excluding carboxylic acids is 2. The number of hydrogen-bond acceptors (Lipinski definition) is 7. The fraction of sp³-hybridized carbons (Fsp3) is 0.667. The van der Waals surface area contributed by atoms with Gasteiger partial charge in [-0.25, -0.2) is 14.6 Å². The Morgan fingerprint density at radius 3 is 2.52 bits per heavy atom. The molecule has 0 radical (unpaired) electrons. The molecular formula is C21H33N5O5. The van der Waals surface area contributed by atoms with Crippen LogP contribution in [-0.4, -0.2) is 59.0 Å². The number of imidazole rings is 1. The topological polar surface area (TPSA) is 116 Å². The number of carbonyl (C=O) groups is 2. The quantitative estimate of drug-likeness (QED) is 0.575. The molecule has 0 aromatic carbocycles. The summed E-state index contributed by atoms with van der Waals surface area (Å²) in [6.07, 6.45) is 3.79. The van der Waals surface area contributed by atoms with Crippen LogP contribution in [0, 0.1) is 5.92 Å². The maximum Gasteiger partial charge on any atom is 0.437 e. The zero-order valence-electron chi connectivity index (χ0n) is 19.4. The normalized spacial score (nSPS) is 17.3. The summed E-state index contributed by atoms with van der Waals surface area (Å²) in [5, 5.41) is 2.57. The van der Waals surface area contributed by atoms with Crippen molar-refractivity contribution in [2.75, 3.05) is 13.7 Å². The molecule has 0 spiro atoms. The van der Waals surface area contributed by atoms with Gasteiger partial charge in [-0.3, -0.25) is 14.9 Å². The molecule has 2 amide bonds. The third-order valence-electron chi connectivity index (χ3n) is 4.20. The van der Waals surface area contributed by atoms with Crippen LogP contribution in [0.1, 0.15) is 59.4 Å². The molecule has 10 heteroatoms. The van der Waals surface area contributed by atoms with Crippen LogP contribution in [0.4, 0.5) is 9.59 Å². The van der Waals surface area contributed by atoms with Crippen LogP contribution in [0.5, 0.6) is 0 Å². The van der Waals surface area contributed by atoms with Crippen LogP contribution < -0.4 is 5.32 Å². The number of amides is 2. The number of hydrogen-bond donors (Lipinski definition) is 1. The summed E-state index contributed by atoms with van der Waals surface area (Å²) in [4.78, 5) is 37.5. The molecule has 1 atom stereocenters. The number of fused-ring (bicyclic) bond motifs is 1. The first-order chi connectivity index (χ1) is 14.4. The Balaban J connectivity index is 2.32. The molecule has 1 heterocycles. The van der Waals surface area contributed by atoms with Crippen molar-refractivity contribution in [2.45, 2.75) is 72.0 Å². The lowest BCUT2D eigenvalue weighted by Gasteiger charge is -2.23. The van der Waals surface area contributed by atoms with Gasteiger partial charge >= 0.3 is 12.2 Å². The van der Waals surface area contributed by atoms with Gasteiger partial charge in [-0.15, -0.1) is 4.99 Å². The predicted molar refractivity (Wildman–Crippen MR) is 117 cm³/mol. The van der Waals surface area contributed by atoms with Gasteiger partial charge in [0.15, 0.2) is 6.40 Å². The van der Waals surface area contributed by atoms with Gasteiger partial charge in [-0.05, 0) is 66.7 Å². The van der Waals surface area contributed by atoms with E-state index in [-0.39, 0.29) is 11.9 Å². The summed E-state index contributed by atoms with van der Waals surface area (Å²) in [7, 11) is 1.55. The number of rotatable bonds is 3. The van der Waals surface area contributed by atoms with Crippen molar-refractivity contribution < 1.29 is 23.8 Å². The highest BCUT2D eigenvalue weighted by Crippen LogP contribution is 2.25. The largest absolute Gasteiger partial charge is 0.487 e. The second-order valence-corrected chi connectivity index (χ2v) is 9.37. The van der Waals surface area contributed by atoms with Crippen molar-refractivity contribution in [3.8, 4) is 0 Å². The Hall–Kier alpha value is -2.91. The van der Waals surface area contributed by atoms with Crippen LogP contribution in [0.15, 0.2) is 16.3 Å². The third kappa shape index (κ3) is 8.03. The predicted octanol–water partition coefficient (Wildman–Crippen LogP) is 3.33. The molecule has 0 saturated heterocycles. The first-order valence-corrected chi connectivity index (χ1v) is 10.3. The number of aryl methyl sites for hydroxylation is 1. The highest BCUT2D eigenvalue weighted by Gasteiger charge is 2.27. The molecule has 1 aromatic rings. The number of nitrogens with one attached hydrogen (secondary N) is 1. The zero-order chi connectivity index (χ0) is 23.2. The molecule has 2 rings (SSSR count). The van der Waals surface area contributed by atoms with E-state index < -0.39 is 23.4 Å². The van der Waals surface area contributed by atoms with Crippen molar-refractivity contribution in [1.82, 2.24) is 14.9 Å². The summed E-state index contributed by atoms with van der Waals surface area (Å²) in [6, 6.07) is 0. The van der Waals surface area contributed by atoms with E-state index in [9.17, 15) is 9.59 Å². The van der Waals surface area contributed by atoms with Crippen molar-refractivity contribution in [3.05, 3.63) is 17.7 Å². The minimum atomic E-state index is -0.821. The summed E-state index contributed by atoms with van der Waals surface area (Å²) in [5.41, 5.74) is 0.327. The van der Waals surface area contributed by atoms with Gasteiger partial charge < -0.3 is 14.2 Å². The number of aliphatic imine (C=N–C) groups is 2. The van der Waals surface area contributed by atoms with Crippen molar-refractivity contribution in [1.29, 1.82) is 0 Å². The first-order valence-electron chi connectivity index (χ1n) is 10.3. The van der Waals surface area contributed by atoms with Crippen LogP contribution in [0.25, 0.3) is 0 Å². The van der Waals surface area contributed by atoms with Gasteiger partial charge in [0.05, 0.1) is 12.8 Å². The summed E-state index contributed by atoms with van der Waals surface area (Å²) in [5.74, 6) is 0.261. The molecular weight excluding hydrogens is 402 g/mol. The van der Waals surface area contributed by atoms with Crippen molar-refractivity contribution >= 4 is 24.5 Å². The number of ether oxygens (including phenoxy) is 3. The van der Waals surface area contributed by atoms with Gasteiger partial charge in [-0.2, -0.15) is 0 Å². The van der Waals surface area contributed by atoms with Crippen molar-refractivity contribution in [3.63, 3.8) is 0 Å². The van der Waals surface area contributed by atoms with E-state index in [0.29, 0.717) is 13.0 Å². The maximum atomic E-state index is 12.4. The van der Waals surface area contributed by atoms with Gasteiger partial charge in [0.2, 0.25) is 5.96 Å². The van der Waals surface area contributed by atoms with Crippen LogP contribution in [-0.2, 0) is 27.1 Å². The van der Waals surface area contributed by atoms with Gasteiger partial charge in [0.1, 0.15) is 17.5 Å². The number of alkyl carbamates (subject to hydrolysis) is 1. The molecule has 1 aliphatic rings. The third-order valence-corrected chi connectivity index (χ3v) is 4.20. The monoisotopic (exact) mass is 435 g/mol. The molecule has 0 fully saturated rings. The van der Waals surface area contributed by atoms with Gasteiger partial charge in [0.25, 0.3) is 0 Å². The van der Waals surface area contributed by atoms with E-state index in [1.54, 1.807) is 59.5 Å². The second kappa shape index (κ2) is 9.93. The molecule has 1 aromatic heterocycles. The van der Waals surface area contributed by atoms with Crippen LogP contribution in [0.3, 0.4) is 0 Å². The highest BCUT2D eigenvalue weighted by atomic mass is 16.6. The Bertz CT molecular complexity index is 845. The second-order valence-electron chi connectivity index (χ2n) is 9.37. The van der Waals surface area contributed by atoms with Crippen LogP contribution in [0.2, 0.25) is 0 Å². The van der Waals surface area contributed by atoms with E-state index in [1.165, 1.54) is 6.40 Å². The fourth-order valence-corrected chi connectivity index (χ4v) is 3.07. The molecule has 10 nitrogen and oxygen atoms in total. The number of methoxy groups -OCH3 is 1. The molecule has 1 N–H and O–H groups in total. The minimum absolute atomic E-state index is 0.0155. The van der Waals surface area contributed by atoms with Crippen molar-refractivity contribution in [2.24, 2.45) is 15.9 Å². The summed E-state index contributed by atoms with van der Waals surface area (Å²) < 4.78 is 17.1. The molecule has 0 saturated carbocycles. The van der Waals surface area contributed by atoms with Gasteiger partial charge in [0, 0.05) is 12.2 Å². The van der Waals surface area contributed by atoms with Gasteiger partial charge in [-0.1, -0.05) is 0 Å². The Morgan fingerprint density at radius 1 is 1.23 bits per heavy atom. The Labute approximate surface area is 183 Å². The van der Waals surface area contributed by atoms with E-state index >= 15 is 0 Å². The molecule has 172 valence electrons. The molecule has 1 aliphatic carbocycles. The average molecular weight is 436 g/mol. The minimum Gasteiger partial charge on any atom is -0.487 e. The highest BCUT2D eigenvalue weighted by molar-refractivity contribution is 6.00. The van der Waals surface area contributed by atoms with E-state index in [1.807, 2.05) is 0 Å². The smallest absolute Gasteiger partial charge is 0.437 e. The van der Waals surface area contributed by atoms with E-state index in [0.717, 1.165) is 24.2 Å². The lowest BCUT2D eigenvalue weighted by molar-refractivity contribution is 0.0560. The molecule has 1 unspecified atom stereocenters. The maximum absolute atomic E-state index is 12.4. The summed E-state index contributed by atoms with van der Waals surface area (Å²) >= 11 is 0. The lowest BCUT2D eigenvalue weighted by Crippen LogP contribution is -2.41. The fourth-order valence-electron chi connectivity index (χ4n) is 3.07. The SMILES string of the molecule is COC=NCC1CCc2ncn(C(=NC(=O)OC(C)(C)C)NC(=O)OC(C)(C)C)c2C1. The Morgan fingerprint density at radius 2 is 1.90 bits per heavy atom. The standard InChI is InChI=1S/C21H33N5O5/c1-20(2,3)30-18(27)24-17(25-19(28)31-21(4,5)6)26-12-23-15-9-8-14(10-16(15)26)11-22-13-29-7/h12-14H,8-11H2,1-7H3,(H,24,25,27,28). The number of aromatic nitrogens is 2. The zero-order valence-corrected chi connectivity index (χ0v) is 19.4. The van der Waals surface area contributed by atoms with E-state index in [4.69, 9.17) is 14.2 Å². The number of nitrogens with zero attached hydrogens (tertiary/aromatic N) is 4. The van der Waals surface area contributed by atoms with E-state index in [2.05, 4.69) is 20.3 Å².